The van der Waals surface area contributed by atoms with Gasteiger partial charge >= 0.3 is 0 Å². The standard InChI is InChI=1S/C13H19F2NO/c1-3-7-17-8-6-13(16-2)11-5-4-10(14)9-12(11)15/h4-5,9,13,16H,3,6-8H2,1-2H3. The summed E-state index contributed by atoms with van der Waals surface area (Å²) < 4.78 is 31.7. The lowest BCUT2D eigenvalue weighted by molar-refractivity contribution is 0.125. The molecule has 0 aliphatic heterocycles. The molecule has 0 amide bonds. The maximum Gasteiger partial charge on any atom is 0.130 e. The number of halogens is 2. The van der Waals surface area contributed by atoms with Crippen LogP contribution >= 0.6 is 0 Å². The molecule has 0 saturated heterocycles. The lowest BCUT2D eigenvalue weighted by atomic mass is 10.0. The molecule has 0 radical (unpaired) electrons. The van der Waals surface area contributed by atoms with Gasteiger partial charge in [0.15, 0.2) is 0 Å². The second-order valence-electron chi connectivity index (χ2n) is 3.91. The van der Waals surface area contributed by atoms with Crippen molar-refractivity contribution >= 4 is 0 Å². The van der Waals surface area contributed by atoms with Gasteiger partial charge in [0.05, 0.1) is 0 Å². The van der Waals surface area contributed by atoms with E-state index in [4.69, 9.17) is 4.74 Å². The molecule has 0 saturated carbocycles. The Bertz CT molecular complexity index is 344. The molecule has 1 unspecified atom stereocenters. The van der Waals surface area contributed by atoms with E-state index in [1.807, 2.05) is 6.92 Å². The van der Waals surface area contributed by atoms with Gasteiger partial charge in [0.1, 0.15) is 11.6 Å². The smallest absolute Gasteiger partial charge is 0.130 e. The highest BCUT2D eigenvalue weighted by Gasteiger charge is 2.14. The summed E-state index contributed by atoms with van der Waals surface area (Å²) >= 11 is 0. The monoisotopic (exact) mass is 243 g/mol. The zero-order valence-electron chi connectivity index (χ0n) is 10.3. The fourth-order valence-electron chi connectivity index (χ4n) is 1.69. The summed E-state index contributed by atoms with van der Waals surface area (Å²) in [5, 5.41) is 3.01. The lowest BCUT2D eigenvalue weighted by Gasteiger charge is -2.17. The molecule has 1 aromatic carbocycles. The van der Waals surface area contributed by atoms with Crippen molar-refractivity contribution in [2.24, 2.45) is 0 Å². The van der Waals surface area contributed by atoms with Crippen molar-refractivity contribution in [3.05, 3.63) is 35.4 Å². The van der Waals surface area contributed by atoms with Crippen molar-refractivity contribution in [2.45, 2.75) is 25.8 Å². The molecule has 2 nitrogen and oxygen atoms in total. The van der Waals surface area contributed by atoms with Crippen LogP contribution in [0.1, 0.15) is 31.4 Å². The van der Waals surface area contributed by atoms with E-state index in [-0.39, 0.29) is 6.04 Å². The Kier molecular flexibility index (Phi) is 6.08. The zero-order valence-corrected chi connectivity index (χ0v) is 10.3. The van der Waals surface area contributed by atoms with Crippen LogP contribution in [-0.2, 0) is 4.74 Å². The predicted octanol–water partition coefficient (Wildman–Crippen LogP) is 3.04. The minimum Gasteiger partial charge on any atom is -0.381 e. The molecule has 0 heterocycles. The van der Waals surface area contributed by atoms with Crippen molar-refractivity contribution < 1.29 is 13.5 Å². The Morgan fingerprint density at radius 1 is 1.29 bits per heavy atom. The number of hydrogen-bond donors (Lipinski definition) is 1. The van der Waals surface area contributed by atoms with Gasteiger partial charge in [-0.15, -0.1) is 0 Å². The Labute approximate surface area is 101 Å². The first-order valence-corrected chi connectivity index (χ1v) is 5.89. The van der Waals surface area contributed by atoms with Crippen LogP contribution in [-0.4, -0.2) is 20.3 Å². The van der Waals surface area contributed by atoms with E-state index < -0.39 is 11.6 Å². The van der Waals surface area contributed by atoms with Crippen LogP contribution < -0.4 is 5.32 Å². The molecule has 4 heteroatoms. The Morgan fingerprint density at radius 2 is 2.06 bits per heavy atom. The fourth-order valence-corrected chi connectivity index (χ4v) is 1.69. The molecule has 17 heavy (non-hydrogen) atoms. The van der Waals surface area contributed by atoms with Gasteiger partial charge in [0, 0.05) is 30.9 Å². The maximum absolute atomic E-state index is 13.5. The summed E-state index contributed by atoms with van der Waals surface area (Å²) in [6.45, 7) is 3.31. The van der Waals surface area contributed by atoms with Gasteiger partial charge in [-0.1, -0.05) is 13.0 Å². The number of hydrogen-bond acceptors (Lipinski definition) is 2. The van der Waals surface area contributed by atoms with Gasteiger partial charge in [-0.2, -0.15) is 0 Å². The average molecular weight is 243 g/mol. The molecular formula is C13H19F2NO. The van der Waals surface area contributed by atoms with Gasteiger partial charge in [-0.25, -0.2) is 8.78 Å². The second-order valence-corrected chi connectivity index (χ2v) is 3.91. The summed E-state index contributed by atoms with van der Waals surface area (Å²) in [5.41, 5.74) is 0.481. The summed E-state index contributed by atoms with van der Waals surface area (Å²) in [6.07, 6.45) is 1.63. The third-order valence-electron chi connectivity index (χ3n) is 2.59. The van der Waals surface area contributed by atoms with Crippen LogP contribution in [0.25, 0.3) is 0 Å². The normalized spacial score (nSPS) is 12.7. The first-order chi connectivity index (χ1) is 8.19. The minimum absolute atomic E-state index is 0.146. The second kappa shape index (κ2) is 7.35. The number of nitrogens with one attached hydrogen (secondary N) is 1. The largest absolute Gasteiger partial charge is 0.381 e. The van der Waals surface area contributed by atoms with Crippen LogP contribution in [0, 0.1) is 11.6 Å². The summed E-state index contributed by atoms with van der Waals surface area (Å²) in [5.74, 6) is -1.07. The van der Waals surface area contributed by atoms with E-state index >= 15 is 0 Å². The van der Waals surface area contributed by atoms with E-state index in [2.05, 4.69) is 5.32 Å². The Hall–Kier alpha value is -1.00. The fraction of sp³-hybridized carbons (Fsp3) is 0.538. The summed E-state index contributed by atoms with van der Waals surface area (Å²) in [7, 11) is 1.76. The van der Waals surface area contributed by atoms with E-state index in [0.29, 0.717) is 25.2 Å². The molecule has 0 aliphatic carbocycles. The number of benzene rings is 1. The quantitative estimate of drug-likeness (QED) is 0.743. The van der Waals surface area contributed by atoms with E-state index in [0.717, 1.165) is 12.5 Å². The molecule has 1 aromatic rings. The molecule has 1 atom stereocenters. The van der Waals surface area contributed by atoms with Crippen molar-refractivity contribution in [3.8, 4) is 0 Å². The molecule has 0 bridgehead atoms. The minimum atomic E-state index is -0.552. The third-order valence-corrected chi connectivity index (χ3v) is 2.59. The predicted molar refractivity (Wildman–Crippen MR) is 63.9 cm³/mol. The van der Waals surface area contributed by atoms with Gasteiger partial charge in [0.2, 0.25) is 0 Å². The number of rotatable bonds is 7. The molecule has 0 spiro atoms. The first kappa shape index (κ1) is 14.1. The topological polar surface area (TPSA) is 21.3 Å². The molecule has 0 fully saturated rings. The molecule has 96 valence electrons. The third kappa shape index (κ3) is 4.40. The van der Waals surface area contributed by atoms with Crippen LogP contribution in [0.15, 0.2) is 18.2 Å². The van der Waals surface area contributed by atoms with E-state index in [9.17, 15) is 8.78 Å². The van der Waals surface area contributed by atoms with Crippen LogP contribution in [0.4, 0.5) is 8.78 Å². The van der Waals surface area contributed by atoms with Gasteiger partial charge in [-0.3, -0.25) is 0 Å². The highest BCUT2D eigenvalue weighted by atomic mass is 19.1. The highest BCUT2D eigenvalue weighted by molar-refractivity contribution is 5.22. The molecule has 1 N–H and O–H groups in total. The van der Waals surface area contributed by atoms with Crippen molar-refractivity contribution in [1.29, 1.82) is 0 Å². The summed E-state index contributed by atoms with van der Waals surface area (Å²) in [6, 6.07) is 3.51. The highest BCUT2D eigenvalue weighted by Crippen LogP contribution is 2.20. The lowest BCUT2D eigenvalue weighted by Crippen LogP contribution is -2.19. The maximum atomic E-state index is 13.5. The van der Waals surface area contributed by atoms with Crippen molar-refractivity contribution in [2.75, 3.05) is 20.3 Å². The van der Waals surface area contributed by atoms with E-state index in [1.165, 1.54) is 12.1 Å². The van der Waals surface area contributed by atoms with Crippen molar-refractivity contribution in [3.63, 3.8) is 0 Å². The molecule has 0 aromatic heterocycles. The van der Waals surface area contributed by atoms with Crippen molar-refractivity contribution in [1.82, 2.24) is 5.32 Å². The van der Waals surface area contributed by atoms with E-state index in [1.54, 1.807) is 7.05 Å². The number of ether oxygens (including phenoxy) is 1. The first-order valence-electron chi connectivity index (χ1n) is 5.89. The van der Waals surface area contributed by atoms with Gasteiger partial charge in [-0.05, 0) is 26.0 Å². The molecule has 0 aliphatic rings. The Morgan fingerprint density at radius 3 is 2.65 bits per heavy atom. The molecular weight excluding hydrogens is 224 g/mol. The molecule has 1 rings (SSSR count). The SMILES string of the molecule is CCCOCCC(NC)c1ccc(F)cc1F. The Balaban J connectivity index is 2.59. The summed E-state index contributed by atoms with van der Waals surface area (Å²) in [4.78, 5) is 0. The van der Waals surface area contributed by atoms with Crippen LogP contribution in [0.5, 0.6) is 0 Å². The van der Waals surface area contributed by atoms with Gasteiger partial charge < -0.3 is 10.1 Å². The average Bonchev–Trinajstić information content (AvgIpc) is 2.31. The van der Waals surface area contributed by atoms with Crippen LogP contribution in [0.3, 0.4) is 0 Å². The zero-order chi connectivity index (χ0) is 12.7. The van der Waals surface area contributed by atoms with Crippen LogP contribution in [0.2, 0.25) is 0 Å². The van der Waals surface area contributed by atoms with Gasteiger partial charge in [0.25, 0.3) is 0 Å².